The van der Waals surface area contributed by atoms with Crippen molar-refractivity contribution in [1.29, 1.82) is 0 Å². The summed E-state index contributed by atoms with van der Waals surface area (Å²) in [5, 5.41) is 9.96. The average Bonchev–Trinajstić information content (AvgIpc) is 2.81. The lowest BCUT2D eigenvalue weighted by Gasteiger charge is -2.12. The highest BCUT2D eigenvalue weighted by Gasteiger charge is 2.15. The Labute approximate surface area is 126 Å². The van der Waals surface area contributed by atoms with Crippen LogP contribution in [0.1, 0.15) is 24.4 Å². The summed E-state index contributed by atoms with van der Waals surface area (Å²) in [7, 11) is 0. The molecule has 0 saturated carbocycles. The van der Waals surface area contributed by atoms with E-state index in [9.17, 15) is 5.11 Å². The molecule has 0 unspecified atom stereocenters. The molecule has 20 heavy (non-hydrogen) atoms. The standard InChI is InChI=1S/C16H15BrN2O/c1-11(20)16-18-14-8-4-5-9-15(14)19(16)10-12-6-2-3-7-13(12)17/h2-9,11,20H,10H2,1H3/t11-/m1/s1. The van der Waals surface area contributed by atoms with Gasteiger partial charge < -0.3 is 9.67 Å². The Bertz CT molecular complexity index is 749. The van der Waals surface area contributed by atoms with Crippen molar-refractivity contribution < 1.29 is 5.11 Å². The van der Waals surface area contributed by atoms with Crippen molar-refractivity contribution >= 4 is 27.0 Å². The molecular formula is C16H15BrN2O. The predicted molar refractivity (Wildman–Crippen MR) is 83.6 cm³/mol. The third kappa shape index (κ3) is 2.37. The molecule has 2 aromatic carbocycles. The van der Waals surface area contributed by atoms with Crippen LogP contribution in [0.5, 0.6) is 0 Å². The van der Waals surface area contributed by atoms with Gasteiger partial charge in [-0.05, 0) is 30.7 Å². The molecule has 102 valence electrons. The Hall–Kier alpha value is -1.65. The first-order valence-electron chi connectivity index (χ1n) is 6.53. The summed E-state index contributed by atoms with van der Waals surface area (Å²) < 4.78 is 3.13. The van der Waals surface area contributed by atoms with Gasteiger partial charge in [0, 0.05) is 4.47 Å². The normalized spacial score (nSPS) is 12.8. The first kappa shape index (κ1) is 13.3. The van der Waals surface area contributed by atoms with Gasteiger partial charge in [-0.1, -0.05) is 46.3 Å². The SMILES string of the molecule is C[C@@H](O)c1nc2ccccc2n1Cc1ccccc1Br. The second kappa shape index (κ2) is 5.38. The van der Waals surface area contributed by atoms with Gasteiger partial charge >= 0.3 is 0 Å². The highest BCUT2D eigenvalue weighted by atomic mass is 79.9. The van der Waals surface area contributed by atoms with E-state index in [1.807, 2.05) is 42.5 Å². The molecule has 1 N–H and O–H groups in total. The van der Waals surface area contributed by atoms with Crippen LogP contribution in [0.2, 0.25) is 0 Å². The summed E-state index contributed by atoms with van der Waals surface area (Å²) in [5.41, 5.74) is 3.12. The van der Waals surface area contributed by atoms with Gasteiger partial charge in [-0.3, -0.25) is 0 Å². The number of benzene rings is 2. The smallest absolute Gasteiger partial charge is 0.138 e. The maximum absolute atomic E-state index is 9.96. The maximum Gasteiger partial charge on any atom is 0.138 e. The fourth-order valence-electron chi connectivity index (χ4n) is 2.38. The predicted octanol–water partition coefficient (Wildman–Crippen LogP) is 3.90. The molecule has 0 aliphatic carbocycles. The van der Waals surface area contributed by atoms with Crippen LogP contribution in [0.4, 0.5) is 0 Å². The minimum atomic E-state index is -0.593. The van der Waals surface area contributed by atoms with Crippen LogP contribution in [0.3, 0.4) is 0 Å². The molecule has 0 bridgehead atoms. The molecule has 1 atom stereocenters. The maximum atomic E-state index is 9.96. The monoisotopic (exact) mass is 330 g/mol. The van der Waals surface area contributed by atoms with Gasteiger partial charge in [0.1, 0.15) is 11.9 Å². The van der Waals surface area contributed by atoms with Gasteiger partial charge in [0.15, 0.2) is 0 Å². The number of aliphatic hydroxyl groups is 1. The molecule has 0 fully saturated rings. The molecule has 3 nitrogen and oxygen atoms in total. The van der Waals surface area contributed by atoms with Crippen LogP contribution < -0.4 is 0 Å². The van der Waals surface area contributed by atoms with E-state index in [0.29, 0.717) is 12.4 Å². The fourth-order valence-corrected chi connectivity index (χ4v) is 2.79. The molecule has 0 saturated heterocycles. The second-order valence-electron chi connectivity index (χ2n) is 4.81. The fraction of sp³-hybridized carbons (Fsp3) is 0.188. The molecule has 1 heterocycles. The van der Waals surface area contributed by atoms with E-state index in [1.165, 1.54) is 0 Å². The molecule has 4 heteroatoms. The number of imidazole rings is 1. The second-order valence-corrected chi connectivity index (χ2v) is 5.67. The van der Waals surface area contributed by atoms with Gasteiger partial charge in [-0.15, -0.1) is 0 Å². The lowest BCUT2D eigenvalue weighted by molar-refractivity contribution is 0.185. The van der Waals surface area contributed by atoms with Gasteiger partial charge in [-0.25, -0.2) is 4.98 Å². The average molecular weight is 331 g/mol. The molecule has 0 radical (unpaired) electrons. The Morgan fingerprint density at radius 1 is 1.15 bits per heavy atom. The zero-order chi connectivity index (χ0) is 14.1. The summed E-state index contributed by atoms with van der Waals surface area (Å²) >= 11 is 3.57. The molecule has 3 rings (SSSR count). The minimum absolute atomic E-state index is 0.593. The zero-order valence-corrected chi connectivity index (χ0v) is 12.7. The molecule has 0 aliphatic heterocycles. The zero-order valence-electron chi connectivity index (χ0n) is 11.1. The van der Waals surface area contributed by atoms with Gasteiger partial charge in [0.2, 0.25) is 0 Å². The van der Waals surface area contributed by atoms with Crippen molar-refractivity contribution in [2.75, 3.05) is 0 Å². The number of hydrogen-bond donors (Lipinski definition) is 1. The van der Waals surface area contributed by atoms with Crippen molar-refractivity contribution in [3.05, 3.63) is 64.4 Å². The van der Waals surface area contributed by atoms with Gasteiger partial charge in [0.25, 0.3) is 0 Å². The van der Waals surface area contributed by atoms with E-state index in [2.05, 4.69) is 31.5 Å². The summed E-state index contributed by atoms with van der Waals surface area (Å²) in [6.07, 6.45) is -0.593. The Morgan fingerprint density at radius 3 is 2.60 bits per heavy atom. The van der Waals surface area contributed by atoms with Crippen molar-refractivity contribution in [2.45, 2.75) is 19.6 Å². The number of hydrogen-bond acceptors (Lipinski definition) is 2. The first-order valence-corrected chi connectivity index (χ1v) is 7.33. The van der Waals surface area contributed by atoms with E-state index in [-0.39, 0.29) is 0 Å². The van der Waals surface area contributed by atoms with Crippen molar-refractivity contribution in [3.8, 4) is 0 Å². The highest BCUT2D eigenvalue weighted by Crippen LogP contribution is 2.24. The van der Waals surface area contributed by atoms with E-state index in [0.717, 1.165) is 21.1 Å². The van der Waals surface area contributed by atoms with Crippen molar-refractivity contribution in [3.63, 3.8) is 0 Å². The summed E-state index contributed by atoms with van der Waals surface area (Å²) in [6.45, 7) is 2.43. The number of aliphatic hydroxyl groups excluding tert-OH is 1. The number of halogens is 1. The molecule has 0 spiro atoms. The quantitative estimate of drug-likeness (QED) is 0.790. The highest BCUT2D eigenvalue weighted by molar-refractivity contribution is 9.10. The molecule has 0 aliphatic rings. The van der Waals surface area contributed by atoms with Crippen molar-refractivity contribution in [1.82, 2.24) is 9.55 Å². The lowest BCUT2D eigenvalue weighted by Crippen LogP contribution is -2.08. The van der Waals surface area contributed by atoms with E-state index >= 15 is 0 Å². The Balaban J connectivity index is 2.14. The van der Waals surface area contributed by atoms with Gasteiger partial charge in [0.05, 0.1) is 17.6 Å². The molecule has 0 amide bonds. The number of aromatic nitrogens is 2. The van der Waals surface area contributed by atoms with Crippen molar-refractivity contribution in [2.24, 2.45) is 0 Å². The molecular weight excluding hydrogens is 316 g/mol. The number of rotatable bonds is 3. The minimum Gasteiger partial charge on any atom is -0.385 e. The van der Waals surface area contributed by atoms with Crippen LogP contribution in [0.15, 0.2) is 53.0 Å². The topological polar surface area (TPSA) is 38.1 Å². The van der Waals surface area contributed by atoms with E-state index < -0.39 is 6.10 Å². The van der Waals surface area contributed by atoms with Crippen LogP contribution >= 0.6 is 15.9 Å². The third-order valence-corrected chi connectivity index (χ3v) is 4.12. The lowest BCUT2D eigenvalue weighted by atomic mass is 10.2. The van der Waals surface area contributed by atoms with E-state index in [4.69, 9.17) is 0 Å². The number of para-hydroxylation sites is 2. The van der Waals surface area contributed by atoms with Crippen LogP contribution in [0.25, 0.3) is 11.0 Å². The first-order chi connectivity index (χ1) is 9.66. The van der Waals surface area contributed by atoms with E-state index in [1.54, 1.807) is 6.92 Å². The summed E-state index contributed by atoms with van der Waals surface area (Å²) in [4.78, 5) is 4.54. The largest absolute Gasteiger partial charge is 0.385 e. The Kier molecular flexibility index (Phi) is 3.59. The Morgan fingerprint density at radius 2 is 1.85 bits per heavy atom. The van der Waals surface area contributed by atoms with Crippen LogP contribution in [-0.2, 0) is 6.54 Å². The molecule has 1 aromatic heterocycles. The number of fused-ring (bicyclic) bond motifs is 1. The van der Waals surface area contributed by atoms with Crippen LogP contribution in [-0.4, -0.2) is 14.7 Å². The molecule has 3 aromatic rings. The third-order valence-electron chi connectivity index (χ3n) is 3.34. The number of nitrogens with zero attached hydrogens (tertiary/aromatic N) is 2. The van der Waals surface area contributed by atoms with Crippen LogP contribution in [0, 0.1) is 0 Å². The summed E-state index contributed by atoms with van der Waals surface area (Å²) in [5.74, 6) is 0.696. The van der Waals surface area contributed by atoms with Gasteiger partial charge in [-0.2, -0.15) is 0 Å². The summed E-state index contributed by atoms with van der Waals surface area (Å²) in [6, 6.07) is 16.1.